The first-order valence-corrected chi connectivity index (χ1v) is 5.93. The van der Waals surface area contributed by atoms with Crippen molar-refractivity contribution in [3.8, 4) is 6.07 Å². The number of nitriles is 1. The molecule has 0 amide bonds. The van der Waals surface area contributed by atoms with Crippen molar-refractivity contribution in [3.05, 3.63) is 29.8 Å². The van der Waals surface area contributed by atoms with Gasteiger partial charge < -0.3 is 4.90 Å². The molecule has 0 saturated carbocycles. The van der Waals surface area contributed by atoms with Gasteiger partial charge in [-0.3, -0.25) is 0 Å². The Morgan fingerprint density at radius 3 is 2.62 bits per heavy atom. The summed E-state index contributed by atoms with van der Waals surface area (Å²) in [5.41, 5.74) is 2.49. The maximum Gasteiger partial charge on any atom is 0.0643 e. The molecule has 1 aromatic carbocycles. The maximum absolute atomic E-state index is 8.84. The number of nitrogens with zero attached hydrogens (tertiary/aromatic N) is 2. The molecular weight excluding hydrogens is 196 g/mol. The highest BCUT2D eigenvalue weighted by atomic mass is 15.2. The number of hydrogen-bond acceptors (Lipinski definition) is 2. The molecule has 1 rings (SSSR count). The minimum atomic E-state index is 0.330. The first-order valence-electron chi connectivity index (χ1n) is 5.93. The standard InChI is InChI=1S/C14H20N2/c1-4-13(9-10-15)16(5-2)14-8-6-7-12(3)11-14/h6-8,11,13H,4-5,9H2,1-3H3. The van der Waals surface area contributed by atoms with Crippen molar-refractivity contribution in [2.75, 3.05) is 11.4 Å². The van der Waals surface area contributed by atoms with Crippen molar-refractivity contribution in [1.82, 2.24) is 0 Å². The van der Waals surface area contributed by atoms with E-state index in [1.165, 1.54) is 11.3 Å². The van der Waals surface area contributed by atoms with Crippen LogP contribution in [0.15, 0.2) is 24.3 Å². The summed E-state index contributed by atoms with van der Waals surface area (Å²) in [7, 11) is 0. The molecule has 0 aliphatic heterocycles. The molecule has 0 bridgehead atoms. The monoisotopic (exact) mass is 216 g/mol. The summed E-state index contributed by atoms with van der Waals surface area (Å²) in [5, 5.41) is 8.84. The van der Waals surface area contributed by atoms with Crippen LogP contribution in [0.4, 0.5) is 5.69 Å². The van der Waals surface area contributed by atoms with Crippen LogP contribution in [0, 0.1) is 18.3 Å². The van der Waals surface area contributed by atoms with E-state index in [9.17, 15) is 0 Å². The van der Waals surface area contributed by atoms with E-state index in [0.29, 0.717) is 12.5 Å². The zero-order valence-electron chi connectivity index (χ0n) is 10.4. The molecule has 0 saturated heterocycles. The molecule has 16 heavy (non-hydrogen) atoms. The third-order valence-electron chi connectivity index (χ3n) is 2.91. The Morgan fingerprint density at radius 1 is 1.38 bits per heavy atom. The molecule has 0 aliphatic carbocycles. The minimum absolute atomic E-state index is 0.330. The first kappa shape index (κ1) is 12.6. The summed E-state index contributed by atoms with van der Waals surface area (Å²) in [6.45, 7) is 7.33. The van der Waals surface area contributed by atoms with Crippen molar-refractivity contribution >= 4 is 5.69 Å². The third kappa shape index (κ3) is 3.00. The van der Waals surface area contributed by atoms with Crippen molar-refractivity contribution in [2.24, 2.45) is 0 Å². The third-order valence-corrected chi connectivity index (χ3v) is 2.91. The van der Waals surface area contributed by atoms with E-state index in [1.807, 2.05) is 0 Å². The molecule has 0 fully saturated rings. The zero-order chi connectivity index (χ0) is 12.0. The van der Waals surface area contributed by atoms with Gasteiger partial charge in [-0.25, -0.2) is 0 Å². The van der Waals surface area contributed by atoms with Gasteiger partial charge in [0.15, 0.2) is 0 Å². The fourth-order valence-electron chi connectivity index (χ4n) is 2.04. The summed E-state index contributed by atoms with van der Waals surface area (Å²) >= 11 is 0. The lowest BCUT2D eigenvalue weighted by atomic mass is 10.1. The number of benzene rings is 1. The van der Waals surface area contributed by atoms with Crippen LogP contribution in [0.5, 0.6) is 0 Å². The van der Waals surface area contributed by atoms with E-state index < -0.39 is 0 Å². The summed E-state index contributed by atoms with van der Waals surface area (Å²) in [6.07, 6.45) is 1.60. The molecule has 0 N–H and O–H groups in total. The van der Waals surface area contributed by atoms with E-state index in [1.54, 1.807) is 0 Å². The second-order valence-corrected chi connectivity index (χ2v) is 4.05. The number of rotatable bonds is 5. The van der Waals surface area contributed by atoms with Gasteiger partial charge in [0.25, 0.3) is 0 Å². The van der Waals surface area contributed by atoms with Crippen LogP contribution in [-0.4, -0.2) is 12.6 Å². The van der Waals surface area contributed by atoms with Crippen LogP contribution < -0.4 is 4.90 Å². The molecular formula is C14H20N2. The Morgan fingerprint density at radius 2 is 2.12 bits per heavy atom. The van der Waals surface area contributed by atoms with E-state index >= 15 is 0 Å². The molecule has 2 nitrogen and oxygen atoms in total. The smallest absolute Gasteiger partial charge is 0.0643 e. The van der Waals surface area contributed by atoms with Crippen LogP contribution in [0.25, 0.3) is 0 Å². The molecule has 86 valence electrons. The van der Waals surface area contributed by atoms with E-state index in [-0.39, 0.29) is 0 Å². The van der Waals surface area contributed by atoms with Gasteiger partial charge in [0.2, 0.25) is 0 Å². The minimum Gasteiger partial charge on any atom is -0.368 e. The van der Waals surface area contributed by atoms with Gasteiger partial charge in [0.05, 0.1) is 12.5 Å². The van der Waals surface area contributed by atoms with Gasteiger partial charge in [-0.15, -0.1) is 0 Å². The second-order valence-electron chi connectivity index (χ2n) is 4.05. The number of anilines is 1. The van der Waals surface area contributed by atoms with E-state index in [4.69, 9.17) is 5.26 Å². The Labute approximate surface area is 98.5 Å². The van der Waals surface area contributed by atoms with Gasteiger partial charge in [-0.1, -0.05) is 19.1 Å². The molecule has 0 radical (unpaired) electrons. The molecule has 0 spiro atoms. The molecule has 1 aromatic rings. The Hall–Kier alpha value is -1.49. The van der Waals surface area contributed by atoms with Crippen molar-refractivity contribution in [2.45, 2.75) is 39.7 Å². The quantitative estimate of drug-likeness (QED) is 0.753. The maximum atomic E-state index is 8.84. The second kappa shape index (κ2) is 6.17. The van der Waals surface area contributed by atoms with Gasteiger partial charge in [-0.05, 0) is 38.0 Å². The van der Waals surface area contributed by atoms with Gasteiger partial charge in [0.1, 0.15) is 0 Å². The van der Waals surface area contributed by atoms with Crippen LogP contribution in [0.3, 0.4) is 0 Å². The molecule has 1 unspecified atom stereocenters. The Bertz CT molecular complexity index is 365. The summed E-state index contributed by atoms with van der Waals surface area (Å²) in [6, 6.07) is 11.1. The largest absolute Gasteiger partial charge is 0.368 e. The van der Waals surface area contributed by atoms with E-state index in [2.05, 4.69) is 56.0 Å². The Kier molecular flexibility index (Phi) is 4.85. The zero-order valence-corrected chi connectivity index (χ0v) is 10.4. The highest BCUT2D eigenvalue weighted by molar-refractivity contribution is 5.49. The fourth-order valence-corrected chi connectivity index (χ4v) is 2.04. The number of hydrogen-bond donors (Lipinski definition) is 0. The Balaban J connectivity index is 2.92. The molecule has 1 atom stereocenters. The van der Waals surface area contributed by atoms with Crippen LogP contribution >= 0.6 is 0 Å². The normalized spacial score (nSPS) is 11.9. The van der Waals surface area contributed by atoms with Gasteiger partial charge >= 0.3 is 0 Å². The predicted molar refractivity (Wildman–Crippen MR) is 68.5 cm³/mol. The predicted octanol–water partition coefficient (Wildman–Crippen LogP) is 3.51. The van der Waals surface area contributed by atoms with E-state index in [0.717, 1.165) is 13.0 Å². The number of aryl methyl sites for hydroxylation is 1. The summed E-state index contributed by atoms with van der Waals surface area (Å²) in [5.74, 6) is 0. The lowest BCUT2D eigenvalue weighted by Crippen LogP contribution is -2.34. The van der Waals surface area contributed by atoms with Crippen molar-refractivity contribution in [1.29, 1.82) is 5.26 Å². The highest BCUT2D eigenvalue weighted by Crippen LogP contribution is 2.21. The molecule has 0 heterocycles. The van der Waals surface area contributed by atoms with Crippen LogP contribution in [0.2, 0.25) is 0 Å². The lowest BCUT2D eigenvalue weighted by Gasteiger charge is -2.31. The van der Waals surface area contributed by atoms with Crippen LogP contribution in [0.1, 0.15) is 32.3 Å². The van der Waals surface area contributed by atoms with Crippen molar-refractivity contribution < 1.29 is 0 Å². The topological polar surface area (TPSA) is 27.0 Å². The molecule has 2 heteroatoms. The van der Waals surface area contributed by atoms with Crippen LogP contribution in [-0.2, 0) is 0 Å². The summed E-state index contributed by atoms with van der Waals surface area (Å²) < 4.78 is 0. The lowest BCUT2D eigenvalue weighted by molar-refractivity contribution is 0.593. The SMILES string of the molecule is CCC(CC#N)N(CC)c1cccc(C)c1. The van der Waals surface area contributed by atoms with Gasteiger partial charge in [0, 0.05) is 18.3 Å². The fraction of sp³-hybridized carbons (Fsp3) is 0.500. The summed E-state index contributed by atoms with van der Waals surface area (Å²) in [4.78, 5) is 2.32. The van der Waals surface area contributed by atoms with Crippen molar-refractivity contribution in [3.63, 3.8) is 0 Å². The average molecular weight is 216 g/mol. The molecule has 0 aliphatic rings. The van der Waals surface area contributed by atoms with Gasteiger partial charge in [-0.2, -0.15) is 5.26 Å². The average Bonchev–Trinajstić information content (AvgIpc) is 2.29. The first-order chi connectivity index (χ1) is 7.72. The molecule has 0 aromatic heterocycles. The highest BCUT2D eigenvalue weighted by Gasteiger charge is 2.15.